The number of carbonyl (C=O) groups excluding carboxylic acids is 3. The summed E-state index contributed by atoms with van der Waals surface area (Å²) in [6.45, 7) is 1.90. The van der Waals surface area contributed by atoms with Crippen LogP contribution in [0, 0.1) is 0 Å². The zero-order valence-corrected chi connectivity index (χ0v) is 25.4. The van der Waals surface area contributed by atoms with Crippen molar-refractivity contribution in [1.82, 2.24) is 9.80 Å². The number of carbonyl (C=O) groups is 3. The van der Waals surface area contributed by atoms with Crippen molar-refractivity contribution in [1.29, 1.82) is 0 Å². The molecule has 4 aromatic carbocycles. The summed E-state index contributed by atoms with van der Waals surface area (Å²) in [5, 5.41) is 1.84. The van der Waals surface area contributed by atoms with Crippen LogP contribution < -0.4 is 19.9 Å². The van der Waals surface area contributed by atoms with Crippen LogP contribution >= 0.6 is 0 Å². The Bertz CT molecular complexity index is 1820. The lowest BCUT2D eigenvalue weighted by Crippen LogP contribution is -2.52. The van der Waals surface area contributed by atoms with Gasteiger partial charge in [0.1, 0.15) is 17.8 Å². The maximum absolute atomic E-state index is 14.6. The lowest BCUT2D eigenvalue weighted by Gasteiger charge is -2.36. The molecule has 4 aromatic rings. The van der Waals surface area contributed by atoms with Crippen LogP contribution in [0.15, 0.2) is 84.9 Å². The van der Waals surface area contributed by atoms with Crippen LogP contribution in [-0.2, 0) is 27.2 Å². The Balaban J connectivity index is 1.39. The number of hydrogen-bond donors (Lipinski definition) is 1. The number of fused-ring (bicyclic) bond motifs is 2. The number of hydrogen-bond acceptors (Lipinski definition) is 6. The van der Waals surface area contributed by atoms with Crippen LogP contribution in [-0.4, -0.2) is 59.3 Å². The lowest BCUT2D eigenvalue weighted by molar-refractivity contribution is -0.274. The van der Waals surface area contributed by atoms with Crippen LogP contribution in [0.5, 0.6) is 17.2 Å². The number of halogens is 3. The molecule has 2 N–H and O–H groups in total. The van der Waals surface area contributed by atoms with Crippen LogP contribution in [0.1, 0.15) is 36.1 Å². The highest BCUT2D eigenvalue weighted by Crippen LogP contribution is 2.36. The summed E-state index contributed by atoms with van der Waals surface area (Å²) in [6, 6.07) is 20.3. The molecule has 0 spiro atoms. The van der Waals surface area contributed by atoms with E-state index >= 15 is 0 Å². The van der Waals surface area contributed by atoms with Gasteiger partial charge in [0.15, 0.2) is 11.5 Å². The van der Waals surface area contributed by atoms with Crippen molar-refractivity contribution in [2.45, 2.75) is 50.7 Å². The van der Waals surface area contributed by atoms with Gasteiger partial charge in [-0.2, -0.15) is 0 Å². The van der Waals surface area contributed by atoms with E-state index in [9.17, 15) is 27.6 Å². The predicted molar refractivity (Wildman–Crippen MR) is 165 cm³/mol. The Hall–Kier alpha value is -5.26. The third-order valence-corrected chi connectivity index (χ3v) is 8.54. The van der Waals surface area contributed by atoms with Gasteiger partial charge in [-0.1, -0.05) is 60.7 Å². The Morgan fingerprint density at radius 2 is 1.72 bits per heavy atom. The SMILES string of the molecule is C[C@@H]1CCN([C@H](Cc2cccc3ccccc23)C(N)=O)C(=O)[C@H](c2cccc(OC(F)(F)F)c2)N1C(=O)Cc1ccc2c(c1)OCO2. The average molecular weight is 648 g/mol. The van der Waals surface area contributed by atoms with Gasteiger partial charge in [0, 0.05) is 19.0 Å². The van der Waals surface area contributed by atoms with Crippen LogP contribution in [0.3, 0.4) is 0 Å². The molecular formula is C35H32F3N3O6. The molecule has 2 aliphatic heterocycles. The standard InChI is InChI=1S/C35H32F3N3O6/c1-21-14-15-40(28(33(39)43)19-24-8-4-7-23-6-2-3-11-27(23)24)34(44)32(25-9-5-10-26(18-25)47-35(36,37)38)41(21)31(42)17-22-12-13-29-30(16-22)46-20-45-29/h2-13,16,18,21,28,32H,14-15,17,19-20H2,1H3,(H2,39,43)/t21-,28-,32+/m1/s1. The summed E-state index contributed by atoms with van der Waals surface area (Å²) in [5.41, 5.74) is 7.44. The molecular weight excluding hydrogens is 615 g/mol. The summed E-state index contributed by atoms with van der Waals surface area (Å²) in [7, 11) is 0. The number of benzene rings is 4. The highest BCUT2D eigenvalue weighted by molar-refractivity contribution is 5.94. The third-order valence-electron chi connectivity index (χ3n) is 8.54. The van der Waals surface area contributed by atoms with Crippen molar-refractivity contribution < 1.29 is 41.8 Å². The molecule has 1 saturated heterocycles. The van der Waals surface area contributed by atoms with Crippen molar-refractivity contribution in [3.63, 3.8) is 0 Å². The molecule has 6 rings (SSSR count). The van der Waals surface area contributed by atoms with Crippen molar-refractivity contribution in [3.05, 3.63) is 102 Å². The normalized spacial score (nSPS) is 18.6. The third kappa shape index (κ3) is 6.81. The average Bonchev–Trinajstić information content (AvgIpc) is 3.45. The molecule has 9 nitrogen and oxygen atoms in total. The summed E-state index contributed by atoms with van der Waals surface area (Å²) < 4.78 is 54.6. The van der Waals surface area contributed by atoms with Crippen molar-refractivity contribution in [2.24, 2.45) is 5.73 Å². The van der Waals surface area contributed by atoms with E-state index in [1.54, 1.807) is 25.1 Å². The number of nitrogens with zero attached hydrogens (tertiary/aromatic N) is 2. The van der Waals surface area contributed by atoms with Gasteiger partial charge in [-0.15, -0.1) is 13.2 Å². The van der Waals surface area contributed by atoms with E-state index in [-0.39, 0.29) is 38.2 Å². The lowest BCUT2D eigenvalue weighted by atomic mass is 9.96. The van der Waals surface area contributed by atoms with E-state index in [4.69, 9.17) is 15.2 Å². The first kappa shape index (κ1) is 31.7. The fourth-order valence-electron chi connectivity index (χ4n) is 6.35. The largest absolute Gasteiger partial charge is 0.573 e. The molecule has 0 bridgehead atoms. The highest BCUT2D eigenvalue weighted by atomic mass is 19.4. The topological polar surface area (TPSA) is 111 Å². The van der Waals surface area contributed by atoms with Crippen LogP contribution in [0.2, 0.25) is 0 Å². The second-order valence-corrected chi connectivity index (χ2v) is 11.6. The number of amides is 3. The van der Waals surface area contributed by atoms with Gasteiger partial charge < -0.3 is 29.7 Å². The molecule has 2 aliphatic rings. The molecule has 47 heavy (non-hydrogen) atoms. The van der Waals surface area contributed by atoms with Crippen molar-refractivity contribution >= 4 is 28.5 Å². The Morgan fingerprint density at radius 3 is 2.51 bits per heavy atom. The molecule has 244 valence electrons. The van der Waals surface area contributed by atoms with Gasteiger partial charge >= 0.3 is 6.36 Å². The molecule has 3 amide bonds. The summed E-state index contributed by atoms with van der Waals surface area (Å²) in [4.78, 5) is 44.5. The number of alkyl halides is 3. The summed E-state index contributed by atoms with van der Waals surface area (Å²) in [6.07, 6.45) is -4.71. The highest BCUT2D eigenvalue weighted by Gasteiger charge is 2.43. The fourth-order valence-corrected chi connectivity index (χ4v) is 6.35. The van der Waals surface area contributed by atoms with Gasteiger partial charge in [0.05, 0.1) is 6.42 Å². The zero-order valence-electron chi connectivity index (χ0n) is 25.4. The molecule has 0 aliphatic carbocycles. The van der Waals surface area contributed by atoms with E-state index in [2.05, 4.69) is 4.74 Å². The quantitative estimate of drug-likeness (QED) is 0.278. The second-order valence-electron chi connectivity index (χ2n) is 11.6. The number of nitrogens with two attached hydrogens (primary N) is 1. The van der Waals surface area contributed by atoms with E-state index in [0.29, 0.717) is 17.1 Å². The molecule has 3 atom stereocenters. The van der Waals surface area contributed by atoms with Gasteiger partial charge in [0.25, 0.3) is 5.91 Å². The Kier molecular flexibility index (Phi) is 8.67. The van der Waals surface area contributed by atoms with Gasteiger partial charge in [-0.3, -0.25) is 14.4 Å². The maximum Gasteiger partial charge on any atom is 0.573 e. The van der Waals surface area contributed by atoms with Gasteiger partial charge in [0.2, 0.25) is 18.6 Å². The fraction of sp³-hybridized carbons (Fsp3) is 0.286. The molecule has 0 radical (unpaired) electrons. The second kappa shape index (κ2) is 12.9. The monoisotopic (exact) mass is 647 g/mol. The summed E-state index contributed by atoms with van der Waals surface area (Å²) >= 11 is 0. The van der Waals surface area contributed by atoms with Crippen LogP contribution in [0.4, 0.5) is 13.2 Å². The van der Waals surface area contributed by atoms with Gasteiger partial charge in [-0.05, 0) is 65.1 Å². The first-order valence-electron chi connectivity index (χ1n) is 15.1. The van der Waals surface area contributed by atoms with Crippen molar-refractivity contribution in [3.8, 4) is 17.2 Å². The molecule has 2 heterocycles. The predicted octanol–water partition coefficient (Wildman–Crippen LogP) is 5.30. The van der Waals surface area contributed by atoms with E-state index in [1.165, 1.54) is 21.9 Å². The minimum Gasteiger partial charge on any atom is -0.454 e. The zero-order chi connectivity index (χ0) is 33.3. The smallest absolute Gasteiger partial charge is 0.454 e. The van der Waals surface area contributed by atoms with E-state index < -0.39 is 48.0 Å². The van der Waals surface area contributed by atoms with E-state index in [0.717, 1.165) is 28.5 Å². The van der Waals surface area contributed by atoms with E-state index in [1.807, 2.05) is 42.5 Å². The molecule has 12 heteroatoms. The Labute approximate surface area is 268 Å². The number of primary amides is 1. The van der Waals surface area contributed by atoms with Gasteiger partial charge in [-0.25, -0.2) is 0 Å². The molecule has 1 fully saturated rings. The molecule has 0 unspecified atom stereocenters. The maximum atomic E-state index is 14.6. The Morgan fingerprint density at radius 1 is 0.979 bits per heavy atom. The minimum atomic E-state index is -4.98. The van der Waals surface area contributed by atoms with Crippen molar-refractivity contribution in [2.75, 3.05) is 13.3 Å². The first-order valence-corrected chi connectivity index (χ1v) is 15.1. The molecule has 0 aromatic heterocycles. The molecule has 0 saturated carbocycles. The summed E-state index contributed by atoms with van der Waals surface area (Å²) in [5.74, 6) is -1.35. The number of ether oxygens (including phenoxy) is 3. The number of rotatable bonds is 8. The van der Waals surface area contributed by atoms with Crippen LogP contribution in [0.25, 0.3) is 10.8 Å². The first-order chi connectivity index (χ1) is 22.5. The minimum absolute atomic E-state index is 0.0540.